The number of ether oxygens (including phenoxy) is 2. The molecule has 0 fully saturated rings. The molecule has 30 heavy (non-hydrogen) atoms. The third-order valence-corrected chi connectivity index (χ3v) is 4.75. The minimum Gasteiger partial charge on any atom is -0.493 e. The number of benzene rings is 3. The number of anilines is 1. The summed E-state index contributed by atoms with van der Waals surface area (Å²) in [6.45, 7) is 0.272. The Morgan fingerprint density at radius 3 is 2.40 bits per heavy atom. The molecule has 2 amide bonds. The van der Waals surface area contributed by atoms with Gasteiger partial charge in [-0.2, -0.15) is 0 Å². The van der Waals surface area contributed by atoms with E-state index in [1.54, 1.807) is 55.6 Å². The molecule has 0 heterocycles. The quantitative estimate of drug-likeness (QED) is 0.583. The smallest absolute Gasteiger partial charge is 0.255 e. The van der Waals surface area contributed by atoms with Crippen molar-refractivity contribution in [2.45, 2.75) is 6.61 Å². The molecule has 3 aromatic carbocycles. The van der Waals surface area contributed by atoms with Gasteiger partial charge in [0.1, 0.15) is 6.61 Å². The molecule has 154 valence electrons. The Morgan fingerprint density at radius 2 is 1.67 bits per heavy atom. The number of halogens is 1. The molecule has 7 heteroatoms. The summed E-state index contributed by atoms with van der Waals surface area (Å²) in [5, 5.41) is 5.95. The van der Waals surface area contributed by atoms with Crippen molar-refractivity contribution in [2.24, 2.45) is 0 Å². The van der Waals surface area contributed by atoms with Gasteiger partial charge in [0.15, 0.2) is 11.5 Å². The molecule has 0 aliphatic carbocycles. The van der Waals surface area contributed by atoms with E-state index in [-0.39, 0.29) is 18.4 Å². The van der Waals surface area contributed by atoms with E-state index < -0.39 is 0 Å². The number of nitrogens with one attached hydrogen (secondary N) is 2. The SMILES string of the molecule is CNC(=O)c1cccc(NC(=O)c2ccc(OCc3ccccc3Cl)c(OC)c2)c1. The highest BCUT2D eigenvalue weighted by molar-refractivity contribution is 6.31. The molecule has 0 radical (unpaired) electrons. The largest absolute Gasteiger partial charge is 0.493 e. The lowest BCUT2D eigenvalue weighted by Crippen LogP contribution is -2.18. The number of methoxy groups -OCH3 is 1. The number of carbonyl (C=O) groups is 2. The van der Waals surface area contributed by atoms with Crippen LogP contribution in [0.4, 0.5) is 5.69 Å². The Kier molecular flexibility index (Phi) is 6.93. The highest BCUT2D eigenvalue weighted by atomic mass is 35.5. The van der Waals surface area contributed by atoms with Crippen molar-refractivity contribution in [1.29, 1.82) is 0 Å². The van der Waals surface area contributed by atoms with E-state index in [1.807, 2.05) is 18.2 Å². The number of rotatable bonds is 7. The van der Waals surface area contributed by atoms with Gasteiger partial charge >= 0.3 is 0 Å². The van der Waals surface area contributed by atoms with Crippen LogP contribution in [-0.4, -0.2) is 26.0 Å². The molecule has 0 aliphatic rings. The maximum atomic E-state index is 12.6. The summed E-state index contributed by atoms with van der Waals surface area (Å²) in [6.07, 6.45) is 0. The summed E-state index contributed by atoms with van der Waals surface area (Å²) in [7, 11) is 3.06. The van der Waals surface area contributed by atoms with Crippen molar-refractivity contribution >= 4 is 29.1 Å². The fourth-order valence-corrected chi connectivity index (χ4v) is 2.98. The predicted molar refractivity (Wildman–Crippen MR) is 117 cm³/mol. The Balaban J connectivity index is 1.73. The molecule has 3 rings (SSSR count). The average Bonchev–Trinajstić information content (AvgIpc) is 2.78. The number of carbonyl (C=O) groups excluding carboxylic acids is 2. The van der Waals surface area contributed by atoms with E-state index in [1.165, 1.54) is 7.11 Å². The van der Waals surface area contributed by atoms with E-state index in [0.29, 0.717) is 33.3 Å². The van der Waals surface area contributed by atoms with Gasteiger partial charge < -0.3 is 20.1 Å². The van der Waals surface area contributed by atoms with Crippen LogP contribution in [0.3, 0.4) is 0 Å². The zero-order valence-corrected chi connectivity index (χ0v) is 17.3. The highest BCUT2D eigenvalue weighted by Gasteiger charge is 2.13. The van der Waals surface area contributed by atoms with Crippen molar-refractivity contribution < 1.29 is 19.1 Å². The molecule has 0 aromatic heterocycles. The average molecular weight is 425 g/mol. The molecule has 0 saturated carbocycles. The van der Waals surface area contributed by atoms with Crippen molar-refractivity contribution in [2.75, 3.05) is 19.5 Å². The fraction of sp³-hybridized carbons (Fsp3) is 0.130. The van der Waals surface area contributed by atoms with Crippen LogP contribution in [-0.2, 0) is 6.61 Å². The van der Waals surface area contributed by atoms with E-state index in [9.17, 15) is 9.59 Å². The molecule has 2 N–H and O–H groups in total. The monoisotopic (exact) mass is 424 g/mol. The second-order valence-electron chi connectivity index (χ2n) is 6.36. The molecular weight excluding hydrogens is 404 g/mol. The molecule has 6 nitrogen and oxygen atoms in total. The third-order valence-electron chi connectivity index (χ3n) is 4.38. The predicted octanol–water partition coefficient (Wildman–Crippen LogP) is 4.54. The van der Waals surface area contributed by atoms with Crippen molar-refractivity contribution in [3.05, 3.63) is 88.4 Å². The molecule has 0 saturated heterocycles. The maximum absolute atomic E-state index is 12.6. The number of hydrogen-bond acceptors (Lipinski definition) is 4. The Morgan fingerprint density at radius 1 is 0.900 bits per heavy atom. The molecule has 3 aromatic rings. The highest BCUT2D eigenvalue weighted by Crippen LogP contribution is 2.30. The Hall–Kier alpha value is -3.51. The van der Waals surface area contributed by atoms with E-state index in [0.717, 1.165) is 5.56 Å². The zero-order valence-electron chi connectivity index (χ0n) is 16.6. The van der Waals surface area contributed by atoms with E-state index in [4.69, 9.17) is 21.1 Å². The van der Waals surface area contributed by atoms with Gasteiger partial charge in [-0.25, -0.2) is 0 Å². The lowest BCUT2D eigenvalue weighted by Gasteiger charge is -2.13. The second kappa shape index (κ2) is 9.80. The van der Waals surface area contributed by atoms with Gasteiger partial charge in [0.2, 0.25) is 0 Å². The summed E-state index contributed by atoms with van der Waals surface area (Å²) in [5.41, 5.74) is 2.21. The summed E-state index contributed by atoms with van der Waals surface area (Å²) >= 11 is 6.16. The molecule has 0 bridgehead atoms. The van der Waals surface area contributed by atoms with Gasteiger partial charge in [-0.3, -0.25) is 9.59 Å². The van der Waals surface area contributed by atoms with Gasteiger partial charge in [-0.1, -0.05) is 35.9 Å². The molecule has 0 atom stereocenters. The van der Waals surface area contributed by atoms with Gasteiger partial charge in [0.25, 0.3) is 11.8 Å². The van der Waals surface area contributed by atoms with Crippen LogP contribution in [0.5, 0.6) is 11.5 Å². The van der Waals surface area contributed by atoms with E-state index >= 15 is 0 Å². The first-order chi connectivity index (χ1) is 14.5. The normalized spacial score (nSPS) is 10.2. The van der Waals surface area contributed by atoms with Crippen LogP contribution in [0, 0.1) is 0 Å². The van der Waals surface area contributed by atoms with Crippen LogP contribution < -0.4 is 20.1 Å². The van der Waals surface area contributed by atoms with E-state index in [2.05, 4.69) is 10.6 Å². The minimum atomic E-state index is -0.333. The summed E-state index contributed by atoms with van der Waals surface area (Å²) in [4.78, 5) is 24.4. The summed E-state index contributed by atoms with van der Waals surface area (Å²) in [6, 6.07) is 19.0. The zero-order chi connectivity index (χ0) is 21.5. The van der Waals surface area contributed by atoms with Crippen molar-refractivity contribution in [3.63, 3.8) is 0 Å². The van der Waals surface area contributed by atoms with Crippen molar-refractivity contribution in [1.82, 2.24) is 5.32 Å². The van der Waals surface area contributed by atoms with Crippen molar-refractivity contribution in [3.8, 4) is 11.5 Å². The van der Waals surface area contributed by atoms with Crippen LogP contribution in [0.15, 0.2) is 66.7 Å². The first kappa shape index (κ1) is 21.2. The number of amides is 2. The van der Waals surface area contributed by atoms with Gasteiger partial charge in [0, 0.05) is 34.4 Å². The molecule has 0 aliphatic heterocycles. The first-order valence-corrected chi connectivity index (χ1v) is 9.57. The summed E-state index contributed by atoms with van der Waals surface area (Å²) in [5.74, 6) is 0.359. The van der Waals surface area contributed by atoms with Crippen LogP contribution in [0.25, 0.3) is 0 Å². The second-order valence-corrected chi connectivity index (χ2v) is 6.77. The lowest BCUT2D eigenvalue weighted by atomic mass is 10.1. The Labute approximate surface area is 179 Å². The molecular formula is C23H21ClN2O4. The van der Waals surface area contributed by atoms with Crippen LogP contribution >= 0.6 is 11.6 Å². The molecule has 0 spiro atoms. The number of hydrogen-bond donors (Lipinski definition) is 2. The van der Waals surface area contributed by atoms with Gasteiger partial charge in [-0.05, 0) is 42.5 Å². The molecule has 0 unspecified atom stereocenters. The maximum Gasteiger partial charge on any atom is 0.255 e. The van der Waals surface area contributed by atoms with Gasteiger partial charge in [0.05, 0.1) is 7.11 Å². The minimum absolute atomic E-state index is 0.229. The summed E-state index contributed by atoms with van der Waals surface area (Å²) < 4.78 is 11.2. The lowest BCUT2D eigenvalue weighted by molar-refractivity contribution is 0.0961. The van der Waals surface area contributed by atoms with Gasteiger partial charge in [-0.15, -0.1) is 0 Å². The van der Waals surface area contributed by atoms with Crippen LogP contribution in [0.1, 0.15) is 26.3 Å². The third kappa shape index (κ3) is 5.10. The Bertz CT molecular complexity index is 1070. The fourth-order valence-electron chi connectivity index (χ4n) is 2.78. The standard InChI is InChI=1S/C23H21ClN2O4/c1-25-22(27)15-7-5-8-18(12-15)26-23(28)16-10-11-20(21(13-16)29-2)30-14-17-6-3-4-9-19(17)24/h3-13H,14H2,1-2H3,(H,25,27)(H,26,28). The first-order valence-electron chi connectivity index (χ1n) is 9.19. The topological polar surface area (TPSA) is 76.7 Å². The van der Waals surface area contributed by atoms with Crippen LogP contribution in [0.2, 0.25) is 5.02 Å².